The third-order valence-electron chi connectivity index (χ3n) is 1.99. The van der Waals surface area contributed by atoms with Gasteiger partial charge in [-0.25, -0.2) is 8.78 Å². The Morgan fingerprint density at radius 3 is 2.54 bits per heavy atom. The summed E-state index contributed by atoms with van der Waals surface area (Å²) in [6, 6.07) is 6.97. The number of nitrogens with one attached hydrogen (secondary N) is 1. The molecule has 0 atom stereocenters. The maximum absolute atomic E-state index is 12.4. The van der Waals surface area contributed by atoms with Gasteiger partial charge in [0.1, 0.15) is 5.69 Å². The topological polar surface area (TPSA) is 41.8 Å². The van der Waals surface area contributed by atoms with Gasteiger partial charge in [0.05, 0.1) is 5.69 Å². The SMILES string of the molecule is Nc1c(C(F)F)[nH]c2ccccc12. The lowest BCUT2D eigenvalue weighted by Gasteiger charge is -1.95. The fourth-order valence-electron chi connectivity index (χ4n) is 1.36. The van der Waals surface area contributed by atoms with Crippen LogP contribution in [-0.4, -0.2) is 4.98 Å². The van der Waals surface area contributed by atoms with Crippen molar-refractivity contribution in [3.63, 3.8) is 0 Å². The minimum absolute atomic E-state index is 0.144. The first-order valence-corrected chi connectivity index (χ1v) is 3.84. The first kappa shape index (κ1) is 8.04. The van der Waals surface area contributed by atoms with Gasteiger partial charge in [0.2, 0.25) is 0 Å². The number of anilines is 1. The summed E-state index contributed by atoms with van der Waals surface area (Å²) in [6.07, 6.45) is -2.55. The van der Waals surface area contributed by atoms with Gasteiger partial charge in [-0.1, -0.05) is 18.2 Å². The summed E-state index contributed by atoms with van der Waals surface area (Å²) < 4.78 is 24.7. The van der Waals surface area contributed by atoms with Crippen molar-refractivity contribution in [2.24, 2.45) is 0 Å². The van der Waals surface area contributed by atoms with Crippen molar-refractivity contribution in [2.75, 3.05) is 5.73 Å². The first-order valence-electron chi connectivity index (χ1n) is 3.84. The largest absolute Gasteiger partial charge is 0.397 e. The van der Waals surface area contributed by atoms with Crippen molar-refractivity contribution < 1.29 is 8.78 Å². The average molecular weight is 182 g/mol. The number of para-hydroxylation sites is 1. The third-order valence-corrected chi connectivity index (χ3v) is 1.99. The highest BCUT2D eigenvalue weighted by Gasteiger charge is 2.15. The highest BCUT2D eigenvalue weighted by molar-refractivity contribution is 5.93. The normalized spacial score (nSPS) is 11.3. The summed E-state index contributed by atoms with van der Waals surface area (Å²) in [5.74, 6) is 0. The highest BCUT2D eigenvalue weighted by atomic mass is 19.3. The standard InChI is InChI=1S/C9H8F2N2/c10-9(11)8-7(12)5-3-1-2-4-6(5)13-8/h1-4,9,13H,12H2. The predicted octanol–water partition coefficient (Wildman–Crippen LogP) is 2.69. The van der Waals surface area contributed by atoms with Gasteiger partial charge in [0.15, 0.2) is 0 Å². The van der Waals surface area contributed by atoms with Gasteiger partial charge in [0, 0.05) is 10.9 Å². The second kappa shape index (κ2) is 2.73. The molecule has 0 amide bonds. The zero-order chi connectivity index (χ0) is 9.42. The molecule has 3 N–H and O–H groups in total. The smallest absolute Gasteiger partial charge is 0.280 e. The number of H-pyrrole nitrogens is 1. The Balaban J connectivity index is 2.74. The summed E-state index contributed by atoms with van der Waals surface area (Å²) >= 11 is 0. The number of nitrogen functional groups attached to an aromatic ring is 1. The van der Waals surface area contributed by atoms with Crippen LogP contribution < -0.4 is 5.73 Å². The number of aromatic amines is 1. The van der Waals surface area contributed by atoms with Crippen LogP contribution >= 0.6 is 0 Å². The molecular formula is C9H8F2N2. The van der Waals surface area contributed by atoms with Gasteiger partial charge in [0.25, 0.3) is 6.43 Å². The summed E-state index contributed by atoms with van der Waals surface area (Å²) in [5, 5.41) is 0.651. The molecule has 1 aromatic heterocycles. The zero-order valence-corrected chi connectivity index (χ0v) is 6.72. The summed E-state index contributed by atoms with van der Waals surface area (Å²) in [7, 11) is 0. The number of rotatable bonds is 1. The molecule has 0 spiro atoms. The van der Waals surface area contributed by atoms with Gasteiger partial charge >= 0.3 is 0 Å². The number of halogens is 2. The number of hydrogen-bond donors (Lipinski definition) is 2. The predicted molar refractivity (Wildman–Crippen MR) is 47.7 cm³/mol. The van der Waals surface area contributed by atoms with Crippen LogP contribution in [0.3, 0.4) is 0 Å². The van der Waals surface area contributed by atoms with Crippen molar-refractivity contribution in [1.29, 1.82) is 0 Å². The number of fused-ring (bicyclic) bond motifs is 1. The van der Waals surface area contributed by atoms with E-state index < -0.39 is 6.43 Å². The molecule has 2 rings (SSSR count). The van der Waals surface area contributed by atoms with Gasteiger partial charge in [-0.3, -0.25) is 0 Å². The molecule has 0 aliphatic heterocycles. The number of benzene rings is 1. The quantitative estimate of drug-likeness (QED) is 0.699. The van der Waals surface area contributed by atoms with E-state index in [-0.39, 0.29) is 11.4 Å². The van der Waals surface area contributed by atoms with E-state index in [1.807, 2.05) is 0 Å². The van der Waals surface area contributed by atoms with Crippen LogP contribution in [-0.2, 0) is 0 Å². The minimum atomic E-state index is -2.55. The van der Waals surface area contributed by atoms with Crippen LogP contribution in [0.1, 0.15) is 12.1 Å². The van der Waals surface area contributed by atoms with Crippen LogP contribution in [0.2, 0.25) is 0 Å². The van der Waals surface area contributed by atoms with E-state index in [2.05, 4.69) is 4.98 Å². The van der Waals surface area contributed by atoms with E-state index in [0.717, 1.165) is 0 Å². The highest BCUT2D eigenvalue weighted by Crippen LogP contribution is 2.30. The maximum Gasteiger partial charge on any atom is 0.280 e. The molecule has 0 saturated carbocycles. The Labute approximate surface area is 73.4 Å². The van der Waals surface area contributed by atoms with Gasteiger partial charge in [-0.05, 0) is 6.07 Å². The van der Waals surface area contributed by atoms with E-state index in [0.29, 0.717) is 10.9 Å². The van der Waals surface area contributed by atoms with Gasteiger partial charge < -0.3 is 10.7 Å². The Kier molecular flexibility index (Phi) is 1.69. The second-order valence-electron chi connectivity index (χ2n) is 2.80. The summed E-state index contributed by atoms with van der Waals surface area (Å²) in [6.45, 7) is 0. The van der Waals surface area contributed by atoms with Crippen molar-refractivity contribution in [2.45, 2.75) is 6.43 Å². The lowest BCUT2D eigenvalue weighted by atomic mass is 10.2. The first-order chi connectivity index (χ1) is 6.20. The fourth-order valence-corrected chi connectivity index (χ4v) is 1.36. The molecule has 0 aliphatic rings. The van der Waals surface area contributed by atoms with Crippen LogP contribution in [0.4, 0.5) is 14.5 Å². The molecule has 0 unspecified atom stereocenters. The number of hydrogen-bond acceptors (Lipinski definition) is 1. The van der Waals surface area contributed by atoms with Crippen molar-refractivity contribution in [3.8, 4) is 0 Å². The van der Waals surface area contributed by atoms with Crippen LogP contribution in [0.5, 0.6) is 0 Å². The van der Waals surface area contributed by atoms with Crippen molar-refractivity contribution in [3.05, 3.63) is 30.0 Å². The zero-order valence-electron chi connectivity index (χ0n) is 6.72. The van der Waals surface area contributed by atoms with Crippen molar-refractivity contribution in [1.82, 2.24) is 4.98 Å². The Bertz CT molecular complexity index is 434. The molecular weight excluding hydrogens is 174 g/mol. The molecule has 2 nitrogen and oxygen atoms in total. The van der Waals surface area contributed by atoms with Crippen LogP contribution in [0, 0.1) is 0 Å². The van der Waals surface area contributed by atoms with Gasteiger partial charge in [-0.2, -0.15) is 0 Å². The van der Waals surface area contributed by atoms with E-state index in [4.69, 9.17) is 5.73 Å². The number of alkyl halides is 2. The molecule has 0 bridgehead atoms. The molecule has 68 valence electrons. The fraction of sp³-hybridized carbons (Fsp3) is 0.111. The Morgan fingerprint density at radius 1 is 1.23 bits per heavy atom. The molecule has 13 heavy (non-hydrogen) atoms. The van der Waals surface area contributed by atoms with E-state index in [1.54, 1.807) is 24.3 Å². The average Bonchev–Trinajstić information content (AvgIpc) is 2.45. The maximum atomic E-state index is 12.4. The van der Waals surface area contributed by atoms with Crippen LogP contribution in [0.25, 0.3) is 10.9 Å². The molecule has 1 aromatic carbocycles. The minimum Gasteiger partial charge on any atom is -0.397 e. The van der Waals surface area contributed by atoms with E-state index in [9.17, 15) is 8.78 Å². The monoisotopic (exact) mass is 182 g/mol. The molecule has 0 aliphatic carbocycles. The lowest BCUT2D eigenvalue weighted by molar-refractivity contribution is 0.148. The second-order valence-corrected chi connectivity index (χ2v) is 2.80. The van der Waals surface area contributed by atoms with Crippen molar-refractivity contribution >= 4 is 16.6 Å². The molecule has 4 heteroatoms. The van der Waals surface area contributed by atoms with E-state index >= 15 is 0 Å². The summed E-state index contributed by atoms with van der Waals surface area (Å²) in [5.41, 5.74) is 6.13. The van der Waals surface area contributed by atoms with Crippen LogP contribution in [0.15, 0.2) is 24.3 Å². The lowest BCUT2D eigenvalue weighted by Crippen LogP contribution is -1.91. The third kappa shape index (κ3) is 1.14. The molecule has 0 fully saturated rings. The Morgan fingerprint density at radius 2 is 1.92 bits per heavy atom. The number of nitrogens with two attached hydrogens (primary N) is 1. The molecule has 0 saturated heterocycles. The Hall–Kier alpha value is -1.58. The molecule has 2 aromatic rings. The number of aromatic nitrogens is 1. The van der Waals surface area contributed by atoms with E-state index in [1.165, 1.54) is 0 Å². The molecule has 0 radical (unpaired) electrons. The summed E-state index contributed by atoms with van der Waals surface area (Å²) in [4.78, 5) is 2.59. The molecule has 1 heterocycles. The van der Waals surface area contributed by atoms with Gasteiger partial charge in [-0.15, -0.1) is 0 Å².